The number of pyridine rings is 1. The lowest BCUT2D eigenvalue weighted by atomic mass is 9.80. The zero-order valence-corrected chi connectivity index (χ0v) is 23.9. The fourth-order valence-corrected chi connectivity index (χ4v) is 6.73. The first-order chi connectivity index (χ1) is 20.7. The van der Waals surface area contributed by atoms with Crippen molar-refractivity contribution in [2.24, 2.45) is 0 Å². The lowest BCUT2D eigenvalue weighted by molar-refractivity contribution is -0.134. The first-order valence-corrected chi connectivity index (χ1v) is 14.8. The van der Waals surface area contributed by atoms with E-state index in [0.29, 0.717) is 66.1 Å². The second-order valence-electron chi connectivity index (χ2n) is 12.4. The second-order valence-corrected chi connectivity index (χ2v) is 12.4. The summed E-state index contributed by atoms with van der Waals surface area (Å²) in [6.45, 7) is 4.00. The van der Waals surface area contributed by atoms with Crippen molar-refractivity contribution in [3.63, 3.8) is 0 Å². The number of allylic oxidation sites excluding steroid dienone is 1. The number of halogens is 2. The molecule has 8 nitrogen and oxygen atoms in total. The molecule has 2 amide bonds. The van der Waals surface area contributed by atoms with Crippen LogP contribution in [0.15, 0.2) is 54.9 Å². The molecule has 3 aliphatic heterocycles. The molecule has 0 radical (unpaired) electrons. The van der Waals surface area contributed by atoms with E-state index in [1.807, 2.05) is 31.2 Å². The van der Waals surface area contributed by atoms with Gasteiger partial charge in [0.25, 0.3) is 0 Å². The van der Waals surface area contributed by atoms with Crippen molar-refractivity contribution in [3.8, 4) is 0 Å². The van der Waals surface area contributed by atoms with Crippen LogP contribution in [0, 0.1) is 11.2 Å². The molecular formula is C33H33F2N5O3. The molecule has 4 heterocycles. The molecular weight excluding hydrogens is 552 g/mol. The summed E-state index contributed by atoms with van der Waals surface area (Å²) in [7, 11) is 0. The minimum absolute atomic E-state index is 0.241. The minimum atomic E-state index is -0.962. The Kier molecular flexibility index (Phi) is 6.66. The number of piperidine rings is 2. The minimum Gasteiger partial charge on any atom is -0.388 e. The molecule has 3 unspecified atom stereocenters. The fourth-order valence-electron chi connectivity index (χ4n) is 6.73. The van der Waals surface area contributed by atoms with Gasteiger partial charge >= 0.3 is 0 Å². The molecule has 7 rings (SSSR count). The molecule has 2 aromatic carbocycles. The number of carbonyl (C=O) groups is 2. The third kappa shape index (κ3) is 5.02. The summed E-state index contributed by atoms with van der Waals surface area (Å²) in [4.78, 5) is 30.7. The Balaban J connectivity index is 1.07. The Labute approximate surface area is 248 Å². The van der Waals surface area contributed by atoms with E-state index in [4.69, 9.17) is 10.1 Å². The van der Waals surface area contributed by atoms with E-state index in [-0.39, 0.29) is 29.6 Å². The molecule has 4 fully saturated rings. The number of carbonyl (C=O) groups excluding carboxylic acids is 2. The highest BCUT2D eigenvalue weighted by Gasteiger charge is 2.70. The number of amides is 2. The number of fused-ring (bicyclic) bond motifs is 2. The Morgan fingerprint density at radius 2 is 2.00 bits per heavy atom. The summed E-state index contributed by atoms with van der Waals surface area (Å²) in [5, 5.41) is 13.4. The van der Waals surface area contributed by atoms with Gasteiger partial charge < -0.3 is 10.1 Å². The molecule has 3 aromatic rings. The van der Waals surface area contributed by atoms with Crippen LogP contribution in [0.25, 0.3) is 16.5 Å². The number of imide groups is 1. The number of epoxide rings is 1. The largest absolute Gasteiger partial charge is 0.388 e. The van der Waals surface area contributed by atoms with Gasteiger partial charge in [-0.1, -0.05) is 30.3 Å². The molecule has 3 saturated heterocycles. The maximum atomic E-state index is 16.2. The molecule has 0 bridgehead atoms. The number of nitrogens with one attached hydrogen (secondary N) is 3. The molecule has 43 heavy (non-hydrogen) atoms. The summed E-state index contributed by atoms with van der Waals surface area (Å²) in [5.41, 5.74) is 2.25. The topological polar surface area (TPSA) is 111 Å². The fraction of sp³-hybridized carbons (Fsp3) is 0.394. The van der Waals surface area contributed by atoms with E-state index in [2.05, 4.69) is 20.5 Å². The summed E-state index contributed by atoms with van der Waals surface area (Å²) < 4.78 is 36.4. The van der Waals surface area contributed by atoms with E-state index >= 15 is 4.39 Å². The Bertz CT molecular complexity index is 1690. The molecule has 3 atom stereocenters. The van der Waals surface area contributed by atoms with Crippen molar-refractivity contribution < 1.29 is 23.1 Å². The average molecular weight is 586 g/mol. The van der Waals surface area contributed by atoms with Crippen LogP contribution in [0.4, 0.5) is 8.78 Å². The van der Waals surface area contributed by atoms with Crippen molar-refractivity contribution >= 4 is 34.3 Å². The SMILES string of the molecule is CC12CN(Cc3ccc(/C(=C/NC4CC4)C(=N)F)cc3)CCC1(c1ccc3ncc(C4CCC(=O)NC4=O)cc3c1F)O2. The summed E-state index contributed by atoms with van der Waals surface area (Å²) in [6.07, 6.45) is 6.55. The maximum absolute atomic E-state index is 16.2. The van der Waals surface area contributed by atoms with Gasteiger partial charge in [-0.05, 0) is 61.4 Å². The average Bonchev–Trinajstić information content (AvgIpc) is 3.90. The zero-order chi connectivity index (χ0) is 29.9. The molecule has 1 saturated carbocycles. The van der Waals surface area contributed by atoms with Gasteiger partial charge in [0.15, 0.2) is 0 Å². The lowest BCUT2D eigenvalue weighted by Crippen LogP contribution is -2.44. The Hall–Kier alpha value is -4.02. The molecule has 1 aliphatic carbocycles. The van der Waals surface area contributed by atoms with Crippen LogP contribution in [-0.2, 0) is 26.5 Å². The lowest BCUT2D eigenvalue weighted by Gasteiger charge is -2.33. The van der Waals surface area contributed by atoms with E-state index in [9.17, 15) is 14.0 Å². The van der Waals surface area contributed by atoms with Gasteiger partial charge in [0.05, 0.1) is 17.0 Å². The predicted molar refractivity (Wildman–Crippen MR) is 157 cm³/mol. The van der Waals surface area contributed by atoms with Gasteiger partial charge in [-0.3, -0.25) is 30.2 Å². The highest BCUT2D eigenvalue weighted by molar-refractivity contribution is 6.17. The molecule has 10 heteroatoms. The van der Waals surface area contributed by atoms with Crippen molar-refractivity contribution in [2.75, 3.05) is 13.1 Å². The first kappa shape index (κ1) is 27.8. The Morgan fingerprint density at radius 3 is 2.70 bits per heavy atom. The van der Waals surface area contributed by atoms with Crippen LogP contribution in [0.3, 0.4) is 0 Å². The zero-order valence-electron chi connectivity index (χ0n) is 23.9. The van der Waals surface area contributed by atoms with Gasteiger partial charge in [-0.15, -0.1) is 0 Å². The number of hydrogen-bond acceptors (Lipinski definition) is 7. The van der Waals surface area contributed by atoms with Gasteiger partial charge in [0.1, 0.15) is 17.0 Å². The monoisotopic (exact) mass is 585 g/mol. The van der Waals surface area contributed by atoms with Gasteiger partial charge in [-0.2, -0.15) is 4.39 Å². The number of benzene rings is 2. The van der Waals surface area contributed by atoms with Crippen LogP contribution in [0.2, 0.25) is 0 Å². The summed E-state index contributed by atoms with van der Waals surface area (Å²) in [5.74, 6) is -2.56. The molecule has 0 spiro atoms. The van der Waals surface area contributed by atoms with Crippen LogP contribution in [-0.4, -0.2) is 52.4 Å². The van der Waals surface area contributed by atoms with Gasteiger partial charge in [0, 0.05) is 55.4 Å². The normalized spacial score (nSPS) is 27.5. The quantitative estimate of drug-likeness (QED) is 0.199. The van der Waals surface area contributed by atoms with E-state index < -0.39 is 23.1 Å². The van der Waals surface area contributed by atoms with Crippen molar-refractivity contribution in [2.45, 2.75) is 68.7 Å². The number of rotatable bonds is 8. The van der Waals surface area contributed by atoms with Crippen molar-refractivity contribution in [1.29, 1.82) is 5.41 Å². The van der Waals surface area contributed by atoms with Crippen LogP contribution in [0.5, 0.6) is 0 Å². The summed E-state index contributed by atoms with van der Waals surface area (Å²) in [6, 6.07) is 13.2. The summed E-state index contributed by atoms with van der Waals surface area (Å²) >= 11 is 0. The van der Waals surface area contributed by atoms with E-state index in [1.165, 1.54) is 0 Å². The second kappa shape index (κ2) is 10.3. The van der Waals surface area contributed by atoms with Crippen molar-refractivity contribution in [3.05, 3.63) is 82.9 Å². The third-order valence-corrected chi connectivity index (χ3v) is 9.36. The van der Waals surface area contributed by atoms with Gasteiger partial charge in [0.2, 0.25) is 17.8 Å². The highest BCUT2D eigenvalue weighted by atomic mass is 19.1. The number of hydrogen-bond donors (Lipinski definition) is 3. The van der Waals surface area contributed by atoms with Crippen LogP contribution in [0.1, 0.15) is 67.2 Å². The van der Waals surface area contributed by atoms with E-state index in [1.54, 1.807) is 30.6 Å². The number of likely N-dealkylation sites (tertiary alicyclic amines) is 1. The number of aromatic nitrogens is 1. The number of ether oxygens (including phenoxy) is 1. The van der Waals surface area contributed by atoms with Crippen molar-refractivity contribution in [1.82, 2.24) is 20.5 Å². The number of nitrogens with zero attached hydrogens (tertiary/aromatic N) is 2. The van der Waals surface area contributed by atoms with E-state index in [0.717, 1.165) is 18.4 Å². The molecule has 3 N–H and O–H groups in total. The standard InChI is InChI=1S/C33H33F2N5O3/c1-32-18-40(17-19-2-4-20(5-3-19)25(30(35)36)16-37-22-6-7-22)13-12-33(32,43-32)26-9-10-27-24(29(26)34)14-21(15-38-27)23-8-11-28(41)39-31(23)42/h2-5,9-10,14-16,22-23,36-37H,6-8,11-13,17-18H2,1H3,(H,39,41,42)/b25-16-,36-30?. The van der Waals surface area contributed by atoms with Gasteiger partial charge in [-0.25, -0.2) is 4.39 Å². The van der Waals surface area contributed by atoms with Crippen LogP contribution >= 0.6 is 0 Å². The molecule has 222 valence electrons. The maximum Gasteiger partial charge on any atom is 0.234 e. The predicted octanol–water partition coefficient (Wildman–Crippen LogP) is 4.82. The highest BCUT2D eigenvalue weighted by Crippen LogP contribution is 2.61. The third-order valence-electron chi connectivity index (χ3n) is 9.36. The smallest absolute Gasteiger partial charge is 0.234 e. The molecule has 1 aromatic heterocycles. The molecule has 4 aliphatic rings. The first-order valence-electron chi connectivity index (χ1n) is 14.8. The Morgan fingerprint density at radius 1 is 1.21 bits per heavy atom. The van der Waals surface area contributed by atoms with Crippen LogP contribution < -0.4 is 10.6 Å².